The second-order valence-corrected chi connectivity index (χ2v) is 12.0. The van der Waals surface area contributed by atoms with Gasteiger partial charge in [-0.3, -0.25) is 14.4 Å². The van der Waals surface area contributed by atoms with Crippen LogP contribution in [0.3, 0.4) is 0 Å². The number of amides is 1. The molecule has 2 N–H and O–H groups in total. The minimum atomic E-state index is -0.0539. The maximum Gasteiger partial charge on any atom is 0.262 e. The highest BCUT2D eigenvalue weighted by Crippen LogP contribution is 2.47. The van der Waals surface area contributed by atoms with Crippen LogP contribution in [0.2, 0.25) is 0 Å². The lowest BCUT2D eigenvalue weighted by Crippen LogP contribution is -2.44. The first-order valence-corrected chi connectivity index (χ1v) is 14.8. The topological polar surface area (TPSA) is 61.8 Å². The molecule has 1 saturated carbocycles. The molecule has 7 nitrogen and oxygen atoms in total. The third-order valence-electron chi connectivity index (χ3n) is 8.51. The van der Waals surface area contributed by atoms with Gasteiger partial charge in [-0.25, -0.2) is 4.31 Å². The Morgan fingerprint density at radius 1 is 1.00 bits per heavy atom. The molecule has 0 saturated heterocycles. The van der Waals surface area contributed by atoms with Gasteiger partial charge in [0.1, 0.15) is 12.4 Å². The number of benzene rings is 2. The van der Waals surface area contributed by atoms with E-state index in [-0.39, 0.29) is 11.9 Å². The summed E-state index contributed by atoms with van der Waals surface area (Å²) >= 11 is 1.37. The summed E-state index contributed by atoms with van der Waals surface area (Å²) in [4.78, 5) is 15.7. The van der Waals surface area contributed by atoms with Crippen molar-refractivity contribution in [1.82, 2.24) is 23.8 Å². The lowest BCUT2D eigenvalue weighted by Gasteiger charge is -2.32. The van der Waals surface area contributed by atoms with Crippen molar-refractivity contribution in [3.05, 3.63) is 53.6 Å². The number of ether oxygens (including phenoxy) is 1. The zero-order valence-corrected chi connectivity index (χ0v) is 23.4. The summed E-state index contributed by atoms with van der Waals surface area (Å²) in [6, 6.07) is 15.1. The Morgan fingerprint density at radius 3 is 2.68 bits per heavy atom. The molecule has 3 aromatic rings. The minimum absolute atomic E-state index is 0.0539. The Labute approximate surface area is 230 Å². The number of hydrogen-bond acceptors (Lipinski definition) is 6. The number of para-hydroxylation sites is 1. The fraction of sp³-hybridized carbons (Fsp3) is 0.500. The largest absolute Gasteiger partial charge is 0.491 e. The Hall–Kier alpha value is -2.52. The van der Waals surface area contributed by atoms with Crippen molar-refractivity contribution in [2.75, 3.05) is 46.9 Å². The van der Waals surface area contributed by atoms with Crippen LogP contribution in [0, 0.1) is 0 Å². The fourth-order valence-electron chi connectivity index (χ4n) is 6.33. The maximum absolute atomic E-state index is 13.2. The van der Waals surface area contributed by atoms with E-state index in [1.807, 2.05) is 13.1 Å². The number of nitrogens with one attached hydrogen (secondary N) is 2. The lowest BCUT2D eigenvalue weighted by molar-refractivity contribution is 0.0983. The van der Waals surface area contributed by atoms with Gasteiger partial charge in [-0.05, 0) is 62.7 Å². The molecule has 1 aromatic heterocycles. The zero-order chi connectivity index (χ0) is 26.1. The zero-order valence-electron chi connectivity index (χ0n) is 22.5. The van der Waals surface area contributed by atoms with Crippen LogP contribution >= 0.6 is 12.1 Å². The Morgan fingerprint density at radius 2 is 1.82 bits per heavy atom. The molecule has 6 rings (SSSR count). The molecule has 0 spiro atoms. The Balaban J connectivity index is 1.56. The molecule has 3 aliphatic rings. The molecule has 8 heteroatoms. The average Bonchev–Trinajstić information content (AvgIpc) is 3.25. The van der Waals surface area contributed by atoms with E-state index in [1.165, 1.54) is 66.4 Å². The van der Waals surface area contributed by atoms with Crippen molar-refractivity contribution in [3.63, 3.8) is 0 Å². The van der Waals surface area contributed by atoms with Crippen molar-refractivity contribution >= 4 is 28.9 Å². The summed E-state index contributed by atoms with van der Waals surface area (Å²) in [6.07, 6.45) is 6.31. The SMILES string of the molecule is CN1CCNCCN(C)C2COc3ccccc3-c3c(C4CCCCC4)c4ccc(cc4n3C2)C(=O)NS1. The number of aromatic nitrogens is 1. The van der Waals surface area contributed by atoms with Crippen LogP contribution in [0.5, 0.6) is 5.75 Å². The quantitative estimate of drug-likeness (QED) is 0.435. The first-order chi connectivity index (χ1) is 18.6. The van der Waals surface area contributed by atoms with Gasteiger partial charge in [0.2, 0.25) is 0 Å². The highest BCUT2D eigenvalue weighted by atomic mass is 32.2. The van der Waals surface area contributed by atoms with Crippen LogP contribution in [0.15, 0.2) is 42.5 Å². The number of hydrogen-bond donors (Lipinski definition) is 2. The van der Waals surface area contributed by atoms with Crippen LogP contribution in [0.4, 0.5) is 0 Å². The number of likely N-dealkylation sites (N-methyl/N-ethyl adjacent to an activating group) is 2. The fourth-order valence-corrected chi connectivity index (χ4v) is 6.87. The summed E-state index contributed by atoms with van der Waals surface area (Å²) in [6.45, 7) is 5.01. The summed E-state index contributed by atoms with van der Waals surface area (Å²) in [5.74, 6) is 1.42. The standard InChI is InChI=1S/C30H39N5O2S/c1-33-16-14-31-15-17-34(2)38-32-30(36)22-12-13-24-26(18-22)35-19-23(33)20-37-27-11-7-6-10-25(27)29(35)28(24)21-8-4-3-5-9-21/h6-7,10-13,18,21,23,31H,3-5,8-9,14-17,19-20H2,1-2H3,(H,32,36). The highest BCUT2D eigenvalue weighted by molar-refractivity contribution is 7.95. The van der Waals surface area contributed by atoms with Gasteiger partial charge in [0, 0.05) is 66.9 Å². The van der Waals surface area contributed by atoms with Crippen molar-refractivity contribution in [3.8, 4) is 17.0 Å². The summed E-state index contributed by atoms with van der Waals surface area (Å²) in [7, 11) is 4.22. The van der Waals surface area contributed by atoms with E-state index in [1.54, 1.807) is 0 Å². The first-order valence-electron chi connectivity index (χ1n) is 14.1. The van der Waals surface area contributed by atoms with Gasteiger partial charge in [-0.1, -0.05) is 37.5 Å². The van der Waals surface area contributed by atoms with Crippen molar-refractivity contribution in [2.24, 2.45) is 0 Å². The second-order valence-electron chi connectivity index (χ2n) is 11.0. The molecule has 2 aliphatic heterocycles. The van der Waals surface area contributed by atoms with Gasteiger partial charge in [-0.15, -0.1) is 0 Å². The maximum atomic E-state index is 13.2. The number of fused-ring (bicyclic) bond motifs is 4. The van der Waals surface area contributed by atoms with Gasteiger partial charge in [0.25, 0.3) is 5.91 Å². The van der Waals surface area contributed by atoms with Gasteiger partial charge in [0.05, 0.1) is 11.7 Å². The van der Waals surface area contributed by atoms with Crippen LogP contribution in [-0.4, -0.2) is 72.6 Å². The second kappa shape index (κ2) is 11.3. The lowest BCUT2D eigenvalue weighted by atomic mass is 9.81. The van der Waals surface area contributed by atoms with E-state index in [4.69, 9.17) is 4.74 Å². The Kier molecular flexibility index (Phi) is 7.66. The summed E-state index contributed by atoms with van der Waals surface area (Å²) < 4.78 is 14.2. The van der Waals surface area contributed by atoms with Gasteiger partial charge >= 0.3 is 0 Å². The number of nitrogens with zero attached hydrogens (tertiary/aromatic N) is 3. The molecule has 4 bridgehead atoms. The molecule has 1 amide bonds. The predicted octanol–water partition coefficient (Wildman–Crippen LogP) is 4.88. The van der Waals surface area contributed by atoms with Gasteiger partial charge < -0.3 is 14.6 Å². The van der Waals surface area contributed by atoms with Gasteiger partial charge in [0.15, 0.2) is 0 Å². The van der Waals surface area contributed by atoms with E-state index in [0.717, 1.165) is 44.0 Å². The normalized spacial score (nSPS) is 22.6. The molecular weight excluding hydrogens is 494 g/mol. The number of carbonyl (C=O) groups is 1. The van der Waals surface area contributed by atoms with Gasteiger partial charge in [-0.2, -0.15) is 0 Å². The van der Waals surface area contributed by atoms with Crippen molar-refractivity contribution < 1.29 is 9.53 Å². The molecule has 202 valence electrons. The molecule has 1 atom stereocenters. The van der Waals surface area contributed by atoms with E-state index < -0.39 is 0 Å². The van der Waals surface area contributed by atoms with Crippen LogP contribution in [0.1, 0.15) is 53.9 Å². The highest BCUT2D eigenvalue weighted by Gasteiger charge is 2.31. The molecular formula is C30H39N5O2S. The van der Waals surface area contributed by atoms with Crippen LogP contribution in [0.25, 0.3) is 22.2 Å². The molecule has 1 aliphatic carbocycles. The molecule has 0 radical (unpaired) electrons. The smallest absolute Gasteiger partial charge is 0.262 e. The number of rotatable bonds is 1. The molecule has 1 fully saturated rings. The third kappa shape index (κ3) is 5.07. The monoisotopic (exact) mass is 533 g/mol. The summed E-state index contributed by atoms with van der Waals surface area (Å²) in [5.41, 5.74) is 5.76. The Bertz CT molecular complexity index is 1300. The predicted molar refractivity (Wildman–Crippen MR) is 156 cm³/mol. The van der Waals surface area contributed by atoms with Crippen LogP contribution in [-0.2, 0) is 6.54 Å². The van der Waals surface area contributed by atoms with Crippen molar-refractivity contribution in [1.29, 1.82) is 0 Å². The summed E-state index contributed by atoms with van der Waals surface area (Å²) in [5, 5.41) is 4.84. The number of carbonyl (C=O) groups excluding carboxylic acids is 1. The van der Waals surface area contributed by atoms with Crippen molar-refractivity contribution in [2.45, 2.75) is 50.6 Å². The van der Waals surface area contributed by atoms with E-state index in [2.05, 4.69) is 67.3 Å². The molecule has 38 heavy (non-hydrogen) atoms. The molecule has 3 heterocycles. The third-order valence-corrected chi connectivity index (χ3v) is 9.28. The van der Waals surface area contributed by atoms with E-state index >= 15 is 0 Å². The molecule has 2 aromatic carbocycles. The molecule has 1 unspecified atom stereocenters. The van der Waals surface area contributed by atoms with Crippen LogP contribution < -0.4 is 14.8 Å². The van der Waals surface area contributed by atoms with E-state index in [9.17, 15) is 4.79 Å². The first kappa shape index (κ1) is 25.7. The minimum Gasteiger partial charge on any atom is -0.491 e. The average molecular weight is 534 g/mol. The van der Waals surface area contributed by atoms with E-state index in [0.29, 0.717) is 18.1 Å².